The van der Waals surface area contributed by atoms with Gasteiger partial charge in [0.1, 0.15) is 5.01 Å². The molecule has 0 aliphatic rings. The van der Waals surface area contributed by atoms with E-state index in [-0.39, 0.29) is 0 Å². The molecule has 2 heterocycles. The Balaban J connectivity index is 2.14. The molecule has 2 nitrogen and oxygen atoms in total. The highest BCUT2D eigenvalue weighted by atomic mass is 127. The van der Waals surface area contributed by atoms with Gasteiger partial charge in [-0.15, -0.1) is 11.3 Å². The van der Waals surface area contributed by atoms with E-state index in [1.54, 1.807) is 11.3 Å². The number of halogens is 1. The van der Waals surface area contributed by atoms with Crippen LogP contribution in [0.3, 0.4) is 0 Å². The van der Waals surface area contributed by atoms with Gasteiger partial charge in [0.2, 0.25) is 3.83 Å². The number of aromatic nitrogens is 2. The van der Waals surface area contributed by atoms with Crippen molar-refractivity contribution in [3.63, 3.8) is 0 Å². The maximum absolute atomic E-state index is 4.29. The second-order valence-corrected chi connectivity index (χ2v) is 5.05. The molecule has 0 aliphatic heterocycles. The normalized spacial score (nSPS) is 10.4. The van der Waals surface area contributed by atoms with Gasteiger partial charge in [0, 0.05) is 33.9 Å². The highest BCUT2D eigenvalue weighted by molar-refractivity contribution is 14.1. The Hall–Kier alpha value is -0.0100. The monoisotopic (exact) mass is 308 g/mol. The molecule has 0 amide bonds. The molecular formula is C7H5IN2S2. The van der Waals surface area contributed by atoms with Crippen LogP contribution >= 0.6 is 45.5 Å². The van der Waals surface area contributed by atoms with Crippen molar-refractivity contribution in [2.45, 2.75) is 6.42 Å². The predicted molar refractivity (Wildman–Crippen MR) is 59.8 cm³/mol. The van der Waals surface area contributed by atoms with E-state index in [0.717, 1.165) is 15.3 Å². The van der Waals surface area contributed by atoms with Crippen LogP contribution in [0.25, 0.3) is 0 Å². The Bertz CT molecular complexity index is 355. The van der Waals surface area contributed by atoms with Crippen LogP contribution < -0.4 is 0 Å². The van der Waals surface area contributed by atoms with E-state index in [0.29, 0.717) is 0 Å². The molecule has 0 aliphatic carbocycles. The Morgan fingerprint density at radius 1 is 1.50 bits per heavy atom. The minimum Gasteiger partial charge on any atom is -0.214 e. The maximum atomic E-state index is 4.29. The van der Waals surface area contributed by atoms with E-state index in [1.165, 1.54) is 16.4 Å². The summed E-state index contributed by atoms with van der Waals surface area (Å²) >= 11 is 5.38. The summed E-state index contributed by atoms with van der Waals surface area (Å²) in [5.74, 6) is 0. The molecule has 2 rings (SSSR count). The third kappa shape index (κ3) is 2.02. The van der Waals surface area contributed by atoms with Gasteiger partial charge in [-0.2, -0.15) is 4.37 Å². The maximum Gasteiger partial charge on any atom is 0.203 e. The van der Waals surface area contributed by atoms with Crippen molar-refractivity contribution in [3.05, 3.63) is 31.2 Å². The zero-order valence-corrected chi connectivity index (χ0v) is 9.82. The lowest BCUT2D eigenvalue weighted by atomic mass is 10.4. The van der Waals surface area contributed by atoms with E-state index < -0.39 is 0 Å². The molecule has 0 bridgehead atoms. The third-order valence-electron chi connectivity index (χ3n) is 1.35. The van der Waals surface area contributed by atoms with Crippen molar-refractivity contribution in [2.75, 3.05) is 0 Å². The Kier molecular flexibility index (Phi) is 2.72. The molecule has 0 spiro atoms. The van der Waals surface area contributed by atoms with Crippen molar-refractivity contribution < 1.29 is 0 Å². The van der Waals surface area contributed by atoms with Crippen LogP contribution in [0.15, 0.2) is 17.5 Å². The number of rotatable bonds is 2. The second kappa shape index (κ2) is 3.80. The smallest absolute Gasteiger partial charge is 0.203 e. The lowest BCUT2D eigenvalue weighted by Crippen LogP contribution is -1.82. The van der Waals surface area contributed by atoms with Crippen molar-refractivity contribution in [3.8, 4) is 0 Å². The van der Waals surface area contributed by atoms with E-state index in [9.17, 15) is 0 Å². The lowest BCUT2D eigenvalue weighted by Gasteiger charge is -1.87. The van der Waals surface area contributed by atoms with Crippen LogP contribution in [0, 0.1) is 3.83 Å². The molecule has 2 aromatic rings. The molecule has 62 valence electrons. The summed E-state index contributed by atoms with van der Waals surface area (Å²) in [6.07, 6.45) is 0.929. The first-order valence-electron chi connectivity index (χ1n) is 3.35. The molecule has 0 radical (unpaired) electrons. The van der Waals surface area contributed by atoms with E-state index in [4.69, 9.17) is 0 Å². The molecule has 0 aromatic carbocycles. The average molecular weight is 308 g/mol. The molecule has 5 heteroatoms. The van der Waals surface area contributed by atoms with Crippen LogP contribution in [0.5, 0.6) is 0 Å². The van der Waals surface area contributed by atoms with Crippen LogP contribution in [0.4, 0.5) is 0 Å². The first kappa shape index (κ1) is 8.58. The molecular weight excluding hydrogens is 303 g/mol. The molecule has 0 unspecified atom stereocenters. The van der Waals surface area contributed by atoms with Crippen molar-refractivity contribution in [2.24, 2.45) is 0 Å². The summed E-state index contributed by atoms with van der Waals surface area (Å²) < 4.78 is 4.97. The van der Waals surface area contributed by atoms with Crippen LogP contribution in [0.1, 0.15) is 9.88 Å². The van der Waals surface area contributed by atoms with Crippen LogP contribution in [-0.4, -0.2) is 9.36 Å². The fourth-order valence-corrected chi connectivity index (χ4v) is 2.99. The minimum atomic E-state index is 0.851. The highest BCUT2D eigenvalue weighted by Gasteiger charge is 2.02. The topological polar surface area (TPSA) is 25.8 Å². The Morgan fingerprint density at radius 2 is 2.42 bits per heavy atom. The quantitative estimate of drug-likeness (QED) is 0.797. The number of hydrogen-bond donors (Lipinski definition) is 0. The predicted octanol–water partition coefficient (Wildman–Crippen LogP) is 2.80. The molecule has 0 fully saturated rings. The summed E-state index contributed by atoms with van der Waals surface area (Å²) in [4.78, 5) is 5.64. The van der Waals surface area contributed by atoms with Gasteiger partial charge in [0.25, 0.3) is 0 Å². The largest absolute Gasteiger partial charge is 0.214 e. The van der Waals surface area contributed by atoms with Gasteiger partial charge in [0.15, 0.2) is 0 Å². The lowest BCUT2D eigenvalue weighted by molar-refractivity contribution is 1.12. The molecule has 0 saturated carbocycles. The van der Waals surface area contributed by atoms with Gasteiger partial charge in [-0.1, -0.05) is 6.07 Å². The number of thiophene rings is 1. The average Bonchev–Trinajstić information content (AvgIpc) is 2.63. The van der Waals surface area contributed by atoms with Crippen molar-refractivity contribution in [1.29, 1.82) is 0 Å². The van der Waals surface area contributed by atoms with E-state index >= 15 is 0 Å². The molecule has 0 atom stereocenters. The van der Waals surface area contributed by atoms with Gasteiger partial charge >= 0.3 is 0 Å². The molecule has 0 N–H and O–H groups in total. The summed E-state index contributed by atoms with van der Waals surface area (Å²) in [5, 5.41) is 3.18. The summed E-state index contributed by atoms with van der Waals surface area (Å²) in [5.41, 5.74) is 0. The van der Waals surface area contributed by atoms with Crippen LogP contribution in [0.2, 0.25) is 0 Å². The standard InChI is InChI=1S/C7H5IN2S2/c8-7-9-6(12-10-7)4-5-2-1-3-11-5/h1-3H,4H2. The second-order valence-electron chi connectivity index (χ2n) is 2.21. The SMILES string of the molecule is Ic1nsc(Cc2cccs2)n1. The van der Waals surface area contributed by atoms with Crippen molar-refractivity contribution in [1.82, 2.24) is 9.36 Å². The zero-order valence-electron chi connectivity index (χ0n) is 6.03. The first-order chi connectivity index (χ1) is 5.84. The molecule has 2 aromatic heterocycles. The van der Waals surface area contributed by atoms with Crippen LogP contribution in [-0.2, 0) is 6.42 Å². The fraction of sp³-hybridized carbons (Fsp3) is 0.143. The minimum absolute atomic E-state index is 0.851. The summed E-state index contributed by atoms with van der Waals surface area (Å²) in [6, 6.07) is 4.19. The summed E-state index contributed by atoms with van der Waals surface area (Å²) in [7, 11) is 0. The number of hydrogen-bond acceptors (Lipinski definition) is 4. The van der Waals surface area contributed by atoms with Gasteiger partial charge in [-0.25, -0.2) is 4.98 Å². The van der Waals surface area contributed by atoms with Gasteiger partial charge < -0.3 is 0 Å². The number of nitrogens with zero attached hydrogens (tertiary/aromatic N) is 2. The Morgan fingerprint density at radius 3 is 3.00 bits per heavy atom. The van der Waals surface area contributed by atoms with Gasteiger partial charge in [-0.05, 0) is 23.0 Å². The van der Waals surface area contributed by atoms with Crippen molar-refractivity contribution >= 4 is 45.5 Å². The molecule has 12 heavy (non-hydrogen) atoms. The fourth-order valence-electron chi connectivity index (χ4n) is 0.868. The Labute approximate surface area is 92.0 Å². The van der Waals surface area contributed by atoms with E-state index in [1.807, 2.05) is 0 Å². The zero-order chi connectivity index (χ0) is 8.39. The third-order valence-corrected chi connectivity index (χ3v) is 3.75. The first-order valence-corrected chi connectivity index (χ1v) is 6.08. The van der Waals surface area contributed by atoms with E-state index in [2.05, 4.69) is 49.5 Å². The van der Waals surface area contributed by atoms with Gasteiger partial charge in [0.05, 0.1) is 0 Å². The highest BCUT2D eigenvalue weighted by Crippen LogP contribution is 2.16. The molecule has 0 saturated heterocycles. The summed E-state index contributed by atoms with van der Waals surface area (Å²) in [6.45, 7) is 0. The van der Waals surface area contributed by atoms with Gasteiger partial charge in [-0.3, -0.25) is 0 Å².